The van der Waals surface area contributed by atoms with Crippen molar-refractivity contribution in [1.29, 1.82) is 0 Å². The summed E-state index contributed by atoms with van der Waals surface area (Å²) in [5.74, 6) is 0.690. The molecule has 19 heavy (non-hydrogen) atoms. The highest BCUT2D eigenvalue weighted by Gasteiger charge is 2.18. The van der Waals surface area contributed by atoms with Gasteiger partial charge in [-0.05, 0) is 32.3 Å². The van der Waals surface area contributed by atoms with Gasteiger partial charge in [0, 0.05) is 24.8 Å². The molecule has 0 radical (unpaired) electrons. The summed E-state index contributed by atoms with van der Waals surface area (Å²) in [5.41, 5.74) is 4.79. The zero-order chi connectivity index (χ0) is 13.8. The molecule has 2 aliphatic rings. The van der Waals surface area contributed by atoms with Crippen LogP contribution in [0.15, 0.2) is 29.8 Å². The summed E-state index contributed by atoms with van der Waals surface area (Å²) >= 11 is 0. The second-order valence-corrected chi connectivity index (χ2v) is 5.38. The predicted molar refractivity (Wildman–Crippen MR) is 76.4 cm³/mol. The zero-order valence-corrected chi connectivity index (χ0v) is 11.7. The average Bonchev–Trinajstić information content (AvgIpc) is 2.75. The number of fused-ring (bicyclic) bond motifs is 1. The molecular weight excluding hydrogens is 236 g/mol. The van der Waals surface area contributed by atoms with Crippen LogP contribution >= 0.6 is 0 Å². The van der Waals surface area contributed by atoms with Gasteiger partial charge in [0.25, 0.3) is 0 Å². The van der Waals surface area contributed by atoms with Crippen molar-refractivity contribution in [3.05, 3.63) is 46.5 Å². The van der Waals surface area contributed by atoms with Crippen molar-refractivity contribution in [2.24, 2.45) is 0 Å². The summed E-state index contributed by atoms with van der Waals surface area (Å²) in [6, 6.07) is 6.06. The Kier molecular flexibility index (Phi) is 4.31. The lowest BCUT2D eigenvalue weighted by molar-refractivity contribution is -0.118. The molecule has 100 valence electrons. The fraction of sp³-hybridized carbons (Fsp3) is 0.412. The number of allylic oxidation sites excluding steroid dienone is 2. The molecule has 0 saturated heterocycles. The first-order chi connectivity index (χ1) is 9.06. The van der Waals surface area contributed by atoms with E-state index in [-0.39, 0.29) is 0 Å². The number of hydrogen-bond donors (Lipinski definition) is 0. The second-order valence-electron chi connectivity index (χ2n) is 5.38. The van der Waals surface area contributed by atoms with Gasteiger partial charge in [-0.1, -0.05) is 35.4 Å². The first-order valence-corrected chi connectivity index (χ1v) is 6.86. The van der Waals surface area contributed by atoms with Gasteiger partial charge in [-0.15, -0.1) is 0 Å². The first-order valence-electron chi connectivity index (χ1n) is 6.86. The van der Waals surface area contributed by atoms with Gasteiger partial charge in [0.15, 0.2) is 5.78 Å². The lowest BCUT2D eigenvalue weighted by Gasteiger charge is -2.05. The van der Waals surface area contributed by atoms with Gasteiger partial charge < -0.3 is 0 Å². The van der Waals surface area contributed by atoms with Crippen LogP contribution in [0.3, 0.4) is 0 Å². The van der Waals surface area contributed by atoms with Gasteiger partial charge in [-0.2, -0.15) is 0 Å². The normalized spacial score (nSPS) is 17.5. The van der Waals surface area contributed by atoms with Crippen molar-refractivity contribution < 1.29 is 9.59 Å². The van der Waals surface area contributed by atoms with Gasteiger partial charge in [0.2, 0.25) is 0 Å². The van der Waals surface area contributed by atoms with Crippen LogP contribution in [0.5, 0.6) is 0 Å². The van der Waals surface area contributed by atoms with Crippen LogP contribution in [-0.2, 0) is 11.2 Å². The third-order valence-electron chi connectivity index (χ3n) is 3.66. The van der Waals surface area contributed by atoms with E-state index in [9.17, 15) is 9.59 Å². The molecule has 2 heteroatoms. The lowest BCUT2D eigenvalue weighted by atomic mass is 10.0. The molecule has 0 N–H and O–H groups in total. The van der Waals surface area contributed by atoms with E-state index in [1.165, 1.54) is 16.7 Å². The van der Waals surface area contributed by atoms with E-state index in [4.69, 9.17) is 0 Å². The summed E-state index contributed by atoms with van der Waals surface area (Å²) < 4.78 is 0. The van der Waals surface area contributed by atoms with Crippen molar-refractivity contribution >= 4 is 11.6 Å². The molecule has 0 unspecified atom stereocenters. The quantitative estimate of drug-likeness (QED) is 0.661. The molecule has 0 aromatic heterocycles. The fourth-order valence-corrected chi connectivity index (χ4v) is 2.41. The van der Waals surface area contributed by atoms with Gasteiger partial charge in [0.1, 0.15) is 5.78 Å². The topological polar surface area (TPSA) is 34.1 Å². The van der Waals surface area contributed by atoms with E-state index in [0.717, 1.165) is 24.8 Å². The molecule has 0 saturated carbocycles. The van der Waals surface area contributed by atoms with Crippen molar-refractivity contribution in [2.75, 3.05) is 0 Å². The third-order valence-corrected chi connectivity index (χ3v) is 3.66. The number of hydrogen-bond acceptors (Lipinski definition) is 2. The Bertz CT molecular complexity index is 538. The first kappa shape index (κ1) is 13.7. The van der Waals surface area contributed by atoms with Gasteiger partial charge in [-0.3, -0.25) is 9.59 Å². The molecule has 0 atom stereocenters. The summed E-state index contributed by atoms with van der Waals surface area (Å²) in [6.07, 6.45) is 6.09. The summed E-state index contributed by atoms with van der Waals surface area (Å²) in [5, 5.41) is 0. The highest BCUT2D eigenvalue weighted by molar-refractivity contribution is 6.00. The maximum Gasteiger partial charge on any atom is 0.163 e. The number of carbonyl (C=O) groups is 2. The van der Waals surface area contributed by atoms with E-state index in [0.29, 0.717) is 24.4 Å². The second kappa shape index (κ2) is 5.96. The smallest absolute Gasteiger partial charge is 0.163 e. The molecule has 3 rings (SSSR count). The van der Waals surface area contributed by atoms with Crippen molar-refractivity contribution in [1.82, 2.24) is 0 Å². The summed E-state index contributed by atoms with van der Waals surface area (Å²) in [6.45, 7) is 4.13. The molecule has 0 bridgehead atoms. The largest absolute Gasteiger partial charge is 0.299 e. The van der Waals surface area contributed by atoms with Crippen LogP contribution in [0.1, 0.15) is 54.1 Å². The van der Waals surface area contributed by atoms with Gasteiger partial charge in [-0.25, -0.2) is 0 Å². The monoisotopic (exact) mass is 256 g/mol. The molecule has 1 aromatic rings. The van der Waals surface area contributed by atoms with E-state index in [1.54, 1.807) is 0 Å². The van der Waals surface area contributed by atoms with Crippen LogP contribution < -0.4 is 0 Å². The van der Waals surface area contributed by atoms with Crippen LogP contribution in [0.2, 0.25) is 0 Å². The molecule has 0 amide bonds. The van der Waals surface area contributed by atoms with Gasteiger partial charge in [0.05, 0.1) is 0 Å². The molecule has 0 aliphatic heterocycles. The maximum atomic E-state index is 11.2. The molecule has 0 fully saturated rings. The number of benzene rings is 1. The highest BCUT2D eigenvalue weighted by atomic mass is 16.1. The number of rotatable bonds is 0. The minimum Gasteiger partial charge on any atom is -0.299 e. The average molecular weight is 256 g/mol. The fourth-order valence-electron chi connectivity index (χ4n) is 2.41. The Morgan fingerprint density at radius 1 is 0.947 bits per heavy atom. The van der Waals surface area contributed by atoms with E-state index in [1.807, 2.05) is 18.2 Å². The number of ketones is 2. The molecule has 2 aliphatic carbocycles. The highest BCUT2D eigenvalue weighted by Crippen LogP contribution is 2.22. The van der Waals surface area contributed by atoms with Crippen LogP contribution in [0.25, 0.3) is 0 Å². The molecular formula is C17H20O2. The summed E-state index contributed by atoms with van der Waals surface area (Å²) in [7, 11) is 0. The van der Waals surface area contributed by atoms with Crippen LogP contribution in [0.4, 0.5) is 0 Å². The summed E-state index contributed by atoms with van der Waals surface area (Å²) in [4.78, 5) is 21.7. The van der Waals surface area contributed by atoms with Crippen LogP contribution in [0, 0.1) is 6.92 Å². The van der Waals surface area contributed by atoms with E-state index >= 15 is 0 Å². The van der Waals surface area contributed by atoms with Crippen molar-refractivity contribution in [3.63, 3.8) is 0 Å². The Morgan fingerprint density at radius 3 is 2.37 bits per heavy atom. The molecule has 1 aromatic carbocycles. The van der Waals surface area contributed by atoms with E-state index < -0.39 is 0 Å². The Balaban J connectivity index is 0.000000148. The Morgan fingerprint density at radius 2 is 1.74 bits per heavy atom. The standard InChI is InChI=1S/C10H10O.C7H10O/c1-7-2-4-9-8(6-7)3-5-10(9)11;1-6-2-4-7(8)5-3-6/h2,4,6H,3,5H2,1H3;2H,3-5H2,1H3. The van der Waals surface area contributed by atoms with E-state index in [2.05, 4.69) is 19.9 Å². The third kappa shape index (κ3) is 3.63. The number of aryl methyl sites for hydroxylation is 2. The Hall–Kier alpha value is -1.70. The van der Waals surface area contributed by atoms with Crippen molar-refractivity contribution in [3.8, 4) is 0 Å². The minimum atomic E-state index is 0.306. The number of carbonyl (C=O) groups excluding carboxylic acids is 2. The molecule has 0 spiro atoms. The minimum absolute atomic E-state index is 0.306. The Labute approximate surface area is 114 Å². The van der Waals surface area contributed by atoms with Gasteiger partial charge >= 0.3 is 0 Å². The van der Waals surface area contributed by atoms with Crippen LogP contribution in [-0.4, -0.2) is 11.6 Å². The molecule has 0 heterocycles. The maximum absolute atomic E-state index is 11.2. The lowest BCUT2D eigenvalue weighted by Crippen LogP contribution is -2.01. The zero-order valence-electron chi connectivity index (χ0n) is 11.7. The molecule has 2 nitrogen and oxygen atoms in total. The SMILES string of the molecule is CC1=CCC(=O)CC1.Cc1ccc2c(c1)CCC2=O. The van der Waals surface area contributed by atoms with Crippen molar-refractivity contribution in [2.45, 2.75) is 46.0 Å². The number of Topliss-reactive ketones (excluding diaryl/α,β-unsaturated/α-hetero) is 2. The predicted octanol–water partition coefficient (Wildman–Crippen LogP) is 3.81.